The van der Waals surface area contributed by atoms with Crippen LogP contribution in [-0.4, -0.2) is 105 Å². The van der Waals surface area contributed by atoms with Crippen LogP contribution in [0.2, 0.25) is 0 Å². The molecule has 6 aliphatic rings. The molecule has 1 N–H and O–H groups in total. The third-order valence-electron chi connectivity index (χ3n) is 12.4. The molecule has 64 heavy (non-hydrogen) atoms. The van der Waals surface area contributed by atoms with Gasteiger partial charge >= 0.3 is 6.09 Å². The lowest BCUT2D eigenvalue weighted by molar-refractivity contribution is -0.0697. The first-order chi connectivity index (χ1) is 30.5. The SMILES string of the molecule is BrN1CC2CCC(C1)N2.Brc1ccnc(OC2CC(OCc3ccccc3)C2)c1.C.CC(C)(C)OC(=O)N1CC2CCC(C1)N2c1ccnc(OC2CC(OCc3ccccc3)C2)c1. The Morgan fingerprint density at radius 1 is 0.688 bits per heavy atom. The molecule has 12 nitrogen and oxygen atoms in total. The second-order valence-electron chi connectivity index (χ2n) is 18.6. The quantitative estimate of drug-likeness (QED) is 0.145. The number of nitrogens with one attached hydrogen (secondary N) is 1. The van der Waals surface area contributed by atoms with Crippen LogP contribution < -0.4 is 19.7 Å². The van der Waals surface area contributed by atoms with E-state index in [1.807, 2.05) is 92.5 Å². The first-order valence-electron chi connectivity index (χ1n) is 22.6. The summed E-state index contributed by atoms with van der Waals surface area (Å²) in [5.74, 6) is 1.34. The number of amides is 1. The summed E-state index contributed by atoms with van der Waals surface area (Å²) in [4.78, 5) is 25.5. The van der Waals surface area contributed by atoms with E-state index in [9.17, 15) is 4.79 Å². The van der Waals surface area contributed by atoms with Gasteiger partial charge in [0, 0.05) is 127 Å². The van der Waals surface area contributed by atoms with Crippen molar-refractivity contribution in [3.05, 3.63) is 113 Å². The molecule has 2 aromatic carbocycles. The van der Waals surface area contributed by atoms with Gasteiger partial charge in [0.25, 0.3) is 0 Å². The van der Waals surface area contributed by atoms with Gasteiger partial charge in [-0.3, -0.25) is 0 Å². The molecule has 4 aromatic rings. The highest BCUT2D eigenvalue weighted by molar-refractivity contribution is 9.10. The minimum atomic E-state index is -0.474. The average Bonchev–Trinajstić information content (AvgIpc) is 3.72. The van der Waals surface area contributed by atoms with E-state index in [1.54, 1.807) is 6.20 Å². The number of rotatable bonds is 11. The fraction of sp³-hybridized carbons (Fsp3) is 0.540. The monoisotopic (exact) mass is 1000 g/mol. The largest absolute Gasteiger partial charge is 0.474 e. The van der Waals surface area contributed by atoms with Gasteiger partial charge in [-0.25, -0.2) is 18.7 Å². The molecule has 2 aliphatic carbocycles. The first-order valence-corrected chi connectivity index (χ1v) is 24.1. The Balaban J connectivity index is 0.000000170. The molecule has 6 fully saturated rings. The third-order valence-corrected chi connectivity index (χ3v) is 13.4. The molecule has 4 saturated heterocycles. The number of benzene rings is 2. The van der Waals surface area contributed by atoms with Gasteiger partial charge in [-0.2, -0.15) is 0 Å². The Hall–Kier alpha value is -3.79. The number of hydrogen-bond donors (Lipinski definition) is 1. The topological polar surface area (TPSA) is 111 Å². The molecule has 4 aliphatic heterocycles. The second-order valence-corrected chi connectivity index (χ2v) is 20.5. The van der Waals surface area contributed by atoms with E-state index in [1.165, 1.54) is 37.1 Å². The van der Waals surface area contributed by atoms with Gasteiger partial charge in [-0.05, 0) is 69.7 Å². The highest BCUT2D eigenvalue weighted by Gasteiger charge is 2.43. The molecule has 0 spiro atoms. The predicted molar refractivity (Wildman–Crippen MR) is 258 cm³/mol. The number of carbonyl (C=O) groups excluding carboxylic acids is 1. The van der Waals surface area contributed by atoms with Gasteiger partial charge in [0.15, 0.2) is 0 Å². The molecule has 0 radical (unpaired) electrons. The molecule has 1 amide bonds. The maximum absolute atomic E-state index is 12.6. The van der Waals surface area contributed by atoms with Gasteiger partial charge in [-0.1, -0.05) is 84.0 Å². The lowest BCUT2D eigenvalue weighted by atomic mass is 9.92. The molecule has 2 aromatic heterocycles. The van der Waals surface area contributed by atoms with Gasteiger partial charge in [0.1, 0.15) is 17.8 Å². The zero-order valence-electron chi connectivity index (χ0n) is 36.7. The van der Waals surface area contributed by atoms with Crippen LogP contribution in [0.5, 0.6) is 11.8 Å². The van der Waals surface area contributed by atoms with Crippen molar-refractivity contribution >= 4 is 43.9 Å². The molecule has 346 valence electrons. The van der Waals surface area contributed by atoms with Crippen molar-refractivity contribution in [3.63, 3.8) is 0 Å². The van der Waals surface area contributed by atoms with Gasteiger partial charge in [0.05, 0.1) is 25.4 Å². The highest BCUT2D eigenvalue weighted by Crippen LogP contribution is 2.37. The fourth-order valence-corrected chi connectivity index (χ4v) is 10.0. The van der Waals surface area contributed by atoms with Crippen LogP contribution in [0.25, 0.3) is 0 Å². The Labute approximate surface area is 397 Å². The van der Waals surface area contributed by atoms with Crippen LogP contribution >= 0.6 is 32.1 Å². The summed E-state index contributed by atoms with van der Waals surface area (Å²) in [6.07, 6.45) is 12.8. The number of likely N-dealkylation sites (tertiary alicyclic amines) is 1. The van der Waals surface area contributed by atoms with Crippen LogP contribution in [0, 0.1) is 0 Å². The van der Waals surface area contributed by atoms with Gasteiger partial charge < -0.3 is 38.8 Å². The molecular weight excluding hydrogens is 940 g/mol. The minimum absolute atomic E-state index is 0. The lowest BCUT2D eigenvalue weighted by Gasteiger charge is -2.42. The number of fused-ring (bicyclic) bond motifs is 4. The molecule has 4 bridgehead atoms. The predicted octanol–water partition coefficient (Wildman–Crippen LogP) is 10.1. The summed E-state index contributed by atoms with van der Waals surface area (Å²) in [5.41, 5.74) is 3.06. The second kappa shape index (κ2) is 22.6. The van der Waals surface area contributed by atoms with E-state index < -0.39 is 5.60 Å². The average molecular weight is 1010 g/mol. The van der Waals surface area contributed by atoms with Crippen LogP contribution in [0.4, 0.5) is 10.5 Å². The van der Waals surface area contributed by atoms with Crippen LogP contribution in [0.15, 0.2) is 102 Å². The molecule has 14 heteroatoms. The number of pyridine rings is 2. The molecular formula is C50H66Br2N6O6. The van der Waals surface area contributed by atoms with Crippen molar-refractivity contribution in [3.8, 4) is 11.8 Å². The molecule has 10 rings (SSSR count). The van der Waals surface area contributed by atoms with Gasteiger partial charge in [-0.15, -0.1) is 0 Å². The van der Waals surface area contributed by atoms with Crippen molar-refractivity contribution in [2.24, 2.45) is 0 Å². The van der Waals surface area contributed by atoms with E-state index >= 15 is 0 Å². The summed E-state index contributed by atoms with van der Waals surface area (Å²) >= 11 is 6.91. The van der Waals surface area contributed by atoms with Crippen molar-refractivity contribution in [1.29, 1.82) is 0 Å². The fourth-order valence-electron chi connectivity index (χ4n) is 9.03. The van der Waals surface area contributed by atoms with E-state index in [-0.39, 0.29) is 31.8 Å². The zero-order chi connectivity index (χ0) is 43.8. The number of ether oxygens (including phenoxy) is 5. The summed E-state index contributed by atoms with van der Waals surface area (Å²) in [7, 11) is 0. The Kier molecular flexibility index (Phi) is 17.0. The normalized spacial score (nSPS) is 26.7. The van der Waals surface area contributed by atoms with Crippen molar-refractivity contribution in [2.45, 2.75) is 147 Å². The Morgan fingerprint density at radius 2 is 1.19 bits per heavy atom. The molecule has 6 heterocycles. The summed E-state index contributed by atoms with van der Waals surface area (Å²) in [6.45, 7) is 10.8. The van der Waals surface area contributed by atoms with Crippen molar-refractivity contribution in [2.75, 3.05) is 31.1 Å². The van der Waals surface area contributed by atoms with E-state index in [0.29, 0.717) is 56.3 Å². The molecule has 4 atom stereocenters. The van der Waals surface area contributed by atoms with Gasteiger partial charge in [0.2, 0.25) is 11.8 Å². The maximum Gasteiger partial charge on any atom is 0.410 e. The van der Waals surface area contributed by atoms with Crippen molar-refractivity contribution in [1.82, 2.24) is 24.1 Å². The van der Waals surface area contributed by atoms with E-state index in [2.05, 4.69) is 80.5 Å². The van der Waals surface area contributed by atoms with Crippen LogP contribution in [0.3, 0.4) is 0 Å². The van der Waals surface area contributed by atoms with Crippen LogP contribution in [0.1, 0.15) is 90.7 Å². The zero-order valence-corrected chi connectivity index (χ0v) is 39.9. The Bertz CT molecular complexity index is 2030. The number of carbonyl (C=O) groups is 1. The van der Waals surface area contributed by atoms with E-state index in [4.69, 9.17) is 23.7 Å². The number of anilines is 1. The molecule has 4 unspecified atom stereocenters. The summed E-state index contributed by atoms with van der Waals surface area (Å²) < 4.78 is 32.6. The third kappa shape index (κ3) is 13.9. The number of piperazine rings is 2. The maximum atomic E-state index is 12.6. The number of nitrogens with zero attached hydrogens (tertiary/aromatic N) is 5. The summed E-state index contributed by atoms with van der Waals surface area (Å²) in [6, 6.07) is 30.5. The number of hydrogen-bond acceptors (Lipinski definition) is 11. The number of halogens is 2. The Morgan fingerprint density at radius 3 is 1.69 bits per heavy atom. The summed E-state index contributed by atoms with van der Waals surface area (Å²) in [5, 5.41) is 3.55. The smallest absolute Gasteiger partial charge is 0.410 e. The number of aromatic nitrogens is 2. The first kappa shape index (κ1) is 48.2. The minimum Gasteiger partial charge on any atom is -0.474 e. The lowest BCUT2D eigenvalue weighted by Crippen LogP contribution is -2.56. The van der Waals surface area contributed by atoms with E-state index in [0.717, 1.165) is 60.8 Å². The van der Waals surface area contributed by atoms with Crippen molar-refractivity contribution < 1.29 is 28.5 Å². The van der Waals surface area contributed by atoms with Crippen LogP contribution in [-0.2, 0) is 27.4 Å². The highest BCUT2D eigenvalue weighted by atomic mass is 79.9. The molecule has 2 saturated carbocycles. The standard InChI is InChI=1S/C27H35N3O4.C16H16BrNO2.C6H11BrN2.CH4/c1-27(2,3)34-26(31)29-16-21-9-10-22(17-29)30(21)20-11-12-28-25(13-20)33-24-14-23(15-24)32-18-19-7-5-4-6-8-19;17-13-6-7-18-16(8-13)20-15-9-14(10-15)19-11-12-4-2-1-3-5-12;7-9-3-5-1-2-6(4-9)8-5;/h4-8,11-13,21-24H,9-10,14-18H2,1-3H3;1-8,14-15H,9-11H2;5-6,8H,1-4H2;1H4.